The third-order valence-electron chi connectivity index (χ3n) is 3.97. The summed E-state index contributed by atoms with van der Waals surface area (Å²) in [5.41, 5.74) is 7.34. The van der Waals surface area contributed by atoms with Gasteiger partial charge in [0.2, 0.25) is 5.91 Å². The van der Waals surface area contributed by atoms with E-state index in [0.717, 1.165) is 32.2 Å². The van der Waals surface area contributed by atoms with Crippen molar-refractivity contribution in [1.82, 2.24) is 4.90 Å². The summed E-state index contributed by atoms with van der Waals surface area (Å²) in [5, 5.41) is 0. The van der Waals surface area contributed by atoms with E-state index in [1.54, 1.807) is 4.90 Å². The van der Waals surface area contributed by atoms with Gasteiger partial charge in [-0.3, -0.25) is 4.79 Å². The van der Waals surface area contributed by atoms with E-state index in [4.69, 9.17) is 5.73 Å². The van der Waals surface area contributed by atoms with Crippen molar-refractivity contribution in [2.75, 3.05) is 13.6 Å². The lowest BCUT2D eigenvalue weighted by molar-refractivity contribution is -0.132. The van der Waals surface area contributed by atoms with Crippen molar-refractivity contribution in [2.24, 2.45) is 11.7 Å². The second-order valence-corrected chi connectivity index (χ2v) is 5.61. The molecule has 0 aliphatic carbocycles. The van der Waals surface area contributed by atoms with E-state index in [2.05, 4.69) is 31.2 Å². The molecule has 3 nitrogen and oxygen atoms in total. The van der Waals surface area contributed by atoms with Crippen LogP contribution in [0, 0.1) is 5.92 Å². The van der Waals surface area contributed by atoms with Crippen molar-refractivity contribution in [3.05, 3.63) is 35.9 Å². The van der Waals surface area contributed by atoms with Crippen LogP contribution in [0.2, 0.25) is 0 Å². The van der Waals surface area contributed by atoms with Crippen LogP contribution in [0.5, 0.6) is 0 Å². The highest BCUT2D eigenvalue weighted by molar-refractivity contribution is 5.81. The van der Waals surface area contributed by atoms with Crippen molar-refractivity contribution in [1.29, 1.82) is 0 Å². The smallest absolute Gasteiger partial charge is 0.239 e. The van der Waals surface area contributed by atoms with Crippen LogP contribution < -0.4 is 5.73 Å². The molecule has 0 aliphatic rings. The lowest BCUT2D eigenvalue weighted by Gasteiger charge is -2.24. The van der Waals surface area contributed by atoms with Crippen molar-refractivity contribution < 1.29 is 4.79 Å². The fourth-order valence-electron chi connectivity index (χ4n) is 2.18. The Morgan fingerprint density at radius 3 is 2.50 bits per heavy atom. The van der Waals surface area contributed by atoms with E-state index in [9.17, 15) is 4.79 Å². The normalized spacial score (nSPS) is 13.8. The molecule has 0 saturated carbocycles. The van der Waals surface area contributed by atoms with Gasteiger partial charge in [0.15, 0.2) is 0 Å². The largest absolute Gasteiger partial charge is 0.344 e. The first-order valence-electron chi connectivity index (χ1n) is 7.60. The number of nitrogens with zero attached hydrogens (tertiary/aromatic N) is 1. The average Bonchev–Trinajstić information content (AvgIpc) is 2.50. The molecule has 0 bridgehead atoms. The van der Waals surface area contributed by atoms with E-state index in [1.165, 1.54) is 5.56 Å². The maximum atomic E-state index is 12.1. The quantitative estimate of drug-likeness (QED) is 0.742. The van der Waals surface area contributed by atoms with Gasteiger partial charge in [0, 0.05) is 13.6 Å². The van der Waals surface area contributed by atoms with Gasteiger partial charge in [0.25, 0.3) is 0 Å². The summed E-state index contributed by atoms with van der Waals surface area (Å²) in [6.45, 7) is 4.89. The van der Waals surface area contributed by atoms with Gasteiger partial charge in [-0.05, 0) is 30.7 Å². The van der Waals surface area contributed by atoms with Gasteiger partial charge in [-0.25, -0.2) is 0 Å². The van der Waals surface area contributed by atoms with Crippen LogP contribution in [0.1, 0.15) is 38.7 Å². The predicted octanol–water partition coefficient (Wildman–Crippen LogP) is 2.84. The van der Waals surface area contributed by atoms with Crippen molar-refractivity contribution in [3.63, 3.8) is 0 Å². The Labute approximate surface area is 123 Å². The Kier molecular flexibility index (Phi) is 7.31. The zero-order valence-electron chi connectivity index (χ0n) is 13.0. The average molecular weight is 276 g/mol. The maximum absolute atomic E-state index is 12.1. The zero-order chi connectivity index (χ0) is 15.0. The van der Waals surface area contributed by atoms with Crippen LogP contribution in [0.15, 0.2) is 30.3 Å². The highest BCUT2D eigenvalue weighted by atomic mass is 16.2. The summed E-state index contributed by atoms with van der Waals surface area (Å²) in [6, 6.07) is 10.1. The number of hydrogen-bond acceptors (Lipinski definition) is 2. The standard InChI is InChI=1S/C17H28N2O/c1-4-14(2)16(18)17(20)19(3)13-9-8-12-15-10-6-5-7-11-15/h5-7,10-11,14,16H,4,8-9,12-13,18H2,1-3H3/t14-,16-/m0/s1. The highest BCUT2D eigenvalue weighted by Gasteiger charge is 2.22. The minimum Gasteiger partial charge on any atom is -0.344 e. The molecule has 0 radical (unpaired) electrons. The van der Waals surface area contributed by atoms with E-state index in [1.807, 2.05) is 20.0 Å². The van der Waals surface area contributed by atoms with E-state index in [-0.39, 0.29) is 17.9 Å². The van der Waals surface area contributed by atoms with Crippen LogP contribution in [0.4, 0.5) is 0 Å². The van der Waals surface area contributed by atoms with Gasteiger partial charge >= 0.3 is 0 Å². The molecule has 0 unspecified atom stereocenters. The molecule has 20 heavy (non-hydrogen) atoms. The van der Waals surface area contributed by atoms with Gasteiger partial charge in [0.05, 0.1) is 6.04 Å². The molecule has 3 heteroatoms. The summed E-state index contributed by atoms with van der Waals surface area (Å²) in [7, 11) is 1.85. The SMILES string of the molecule is CC[C@H](C)[C@H](N)C(=O)N(C)CCCCc1ccccc1. The molecule has 1 aromatic carbocycles. The number of likely N-dealkylation sites (N-methyl/N-ethyl adjacent to an activating group) is 1. The molecule has 0 saturated heterocycles. The molecule has 2 atom stereocenters. The molecule has 0 aromatic heterocycles. The summed E-state index contributed by atoms with van der Waals surface area (Å²) in [5.74, 6) is 0.313. The number of carbonyl (C=O) groups is 1. The number of carbonyl (C=O) groups excluding carboxylic acids is 1. The van der Waals surface area contributed by atoms with Crippen LogP contribution in [0.25, 0.3) is 0 Å². The number of unbranched alkanes of at least 4 members (excludes halogenated alkanes) is 1. The van der Waals surface area contributed by atoms with Gasteiger partial charge in [-0.2, -0.15) is 0 Å². The second kappa shape index (κ2) is 8.75. The van der Waals surface area contributed by atoms with Gasteiger partial charge in [-0.15, -0.1) is 0 Å². The topological polar surface area (TPSA) is 46.3 Å². The van der Waals surface area contributed by atoms with Crippen molar-refractivity contribution >= 4 is 5.91 Å². The highest BCUT2D eigenvalue weighted by Crippen LogP contribution is 2.09. The first-order chi connectivity index (χ1) is 9.56. The molecule has 0 heterocycles. The van der Waals surface area contributed by atoms with Crippen LogP contribution in [-0.2, 0) is 11.2 Å². The first-order valence-corrected chi connectivity index (χ1v) is 7.60. The molecule has 1 aromatic rings. The minimum absolute atomic E-state index is 0.0686. The van der Waals surface area contributed by atoms with Gasteiger partial charge < -0.3 is 10.6 Å². The number of amides is 1. The number of benzene rings is 1. The number of rotatable bonds is 8. The minimum atomic E-state index is -0.362. The fourth-order valence-corrected chi connectivity index (χ4v) is 2.18. The number of nitrogens with two attached hydrogens (primary N) is 1. The molecule has 2 N–H and O–H groups in total. The lowest BCUT2D eigenvalue weighted by Crippen LogP contribution is -2.45. The van der Waals surface area contributed by atoms with Crippen LogP contribution in [-0.4, -0.2) is 30.4 Å². The Bertz CT molecular complexity index is 391. The van der Waals surface area contributed by atoms with Crippen LogP contribution in [0.3, 0.4) is 0 Å². The summed E-state index contributed by atoms with van der Waals surface area (Å²) >= 11 is 0. The molecule has 0 fully saturated rings. The summed E-state index contributed by atoms with van der Waals surface area (Å²) < 4.78 is 0. The number of hydrogen-bond donors (Lipinski definition) is 1. The maximum Gasteiger partial charge on any atom is 0.239 e. The Morgan fingerprint density at radius 2 is 1.90 bits per heavy atom. The summed E-state index contributed by atoms with van der Waals surface area (Å²) in [4.78, 5) is 13.9. The molecule has 0 aliphatic heterocycles. The molecule has 1 amide bonds. The second-order valence-electron chi connectivity index (χ2n) is 5.61. The van der Waals surface area contributed by atoms with Gasteiger partial charge in [-0.1, -0.05) is 50.6 Å². The van der Waals surface area contributed by atoms with E-state index in [0.29, 0.717) is 0 Å². The first kappa shape index (κ1) is 16.7. The predicted molar refractivity (Wildman–Crippen MR) is 84.4 cm³/mol. The third kappa shape index (κ3) is 5.33. The number of aryl methyl sites for hydroxylation is 1. The van der Waals surface area contributed by atoms with Crippen molar-refractivity contribution in [2.45, 2.75) is 45.6 Å². The van der Waals surface area contributed by atoms with Crippen molar-refractivity contribution in [3.8, 4) is 0 Å². The monoisotopic (exact) mass is 276 g/mol. The Morgan fingerprint density at radius 1 is 1.25 bits per heavy atom. The molecule has 0 spiro atoms. The molecule has 1 rings (SSSR count). The molecular weight excluding hydrogens is 248 g/mol. The van der Waals surface area contributed by atoms with E-state index >= 15 is 0 Å². The fraction of sp³-hybridized carbons (Fsp3) is 0.588. The van der Waals surface area contributed by atoms with E-state index < -0.39 is 0 Å². The molecule has 112 valence electrons. The Balaban J connectivity index is 2.26. The summed E-state index contributed by atoms with van der Waals surface area (Å²) in [6.07, 6.45) is 4.12. The Hall–Kier alpha value is -1.35. The zero-order valence-corrected chi connectivity index (χ0v) is 13.0. The van der Waals surface area contributed by atoms with Crippen LogP contribution >= 0.6 is 0 Å². The van der Waals surface area contributed by atoms with Gasteiger partial charge in [0.1, 0.15) is 0 Å². The lowest BCUT2D eigenvalue weighted by atomic mass is 9.99. The molecular formula is C17H28N2O. The third-order valence-corrected chi connectivity index (χ3v) is 3.97.